The first-order valence-electron chi connectivity index (χ1n) is 11.2. The zero-order chi connectivity index (χ0) is 24.2. The second-order valence-electron chi connectivity index (χ2n) is 8.82. The summed E-state index contributed by atoms with van der Waals surface area (Å²) in [7, 11) is -3.58. The molecule has 1 heterocycles. The van der Waals surface area contributed by atoms with Crippen LogP contribution in [0.1, 0.15) is 59.8 Å². The first-order valence-corrected chi connectivity index (χ1v) is 12.7. The van der Waals surface area contributed by atoms with Crippen LogP contribution in [0, 0.1) is 19.8 Å². The third-order valence-corrected chi connectivity index (χ3v) is 8.13. The van der Waals surface area contributed by atoms with E-state index in [2.05, 4.69) is 12.2 Å². The van der Waals surface area contributed by atoms with Gasteiger partial charge in [0.25, 0.3) is 5.91 Å². The van der Waals surface area contributed by atoms with Gasteiger partial charge >= 0.3 is 5.97 Å². The first kappa shape index (κ1) is 24.9. The van der Waals surface area contributed by atoms with Crippen LogP contribution in [0.15, 0.2) is 47.4 Å². The molecule has 1 saturated heterocycles. The van der Waals surface area contributed by atoms with Crippen molar-refractivity contribution in [2.75, 3.05) is 19.7 Å². The summed E-state index contributed by atoms with van der Waals surface area (Å²) in [6.07, 6.45) is 1.68. The largest absolute Gasteiger partial charge is 0.452 e. The Labute approximate surface area is 196 Å². The molecule has 2 aromatic rings. The molecule has 33 heavy (non-hydrogen) atoms. The fourth-order valence-electron chi connectivity index (χ4n) is 3.75. The van der Waals surface area contributed by atoms with Gasteiger partial charge in [0.1, 0.15) is 0 Å². The SMILES string of the molecule is Cc1ccc(C(C)NC(=O)COC(=O)c2ccc(S(=O)(=O)N3CCC(C)CC3)cc2)cc1C. The Morgan fingerprint density at radius 2 is 1.70 bits per heavy atom. The maximum absolute atomic E-state index is 12.8. The highest BCUT2D eigenvalue weighted by atomic mass is 32.2. The zero-order valence-corrected chi connectivity index (χ0v) is 20.4. The van der Waals surface area contributed by atoms with E-state index in [0.29, 0.717) is 19.0 Å². The molecule has 1 unspecified atom stereocenters. The molecule has 7 nitrogen and oxygen atoms in total. The summed E-state index contributed by atoms with van der Waals surface area (Å²) in [5.41, 5.74) is 3.48. The number of hydrogen-bond donors (Lipinski definition) is 1. The fraction of sp³-hybridized carbons (Fsp3) is 0.440. The molecule has 3 rings (SSSR count). The van der Waals surface area contributed by atoms with E-state index in [9.17, 15) is 18.0 Å². The Bertz CT molecular complexity index is 1100. The van der Waals surface area contributed by atoms with Gasteiger partial charge in [0.05, 0.1) is 16.5 Å². The van der Waals surface area contributed by atoms with Crippen LogP contribution in [0.25, 0.3) is 0 Å². The number of ether oxygens (including phenoxy) is 1. The number of hydrogen-bond acceptors (Lipinski definition) is 5. The smallest absolute Gasteiger partial charge is 0.338 e. The van der Waals surface area contributed by atoms with Gasteiger partial charge in [-0.25, -0.2) is 13.2 Å². The van der Waals surface area contributed by atoms with Gasteiger partial charge in [-0.1, -0.05) is 25.1 Å². The molecule has 0 bridgehead atoms. The van der Waals surface area contributed by atoms with E-state index in [1.54, 1.807) is 0 Å². The molecule has 0 radical (unpaired) electrons. The number of piperidine rings is 1. The summed E-state index contributed by atoms with van der Waals surface area (Å²) in [5, 5.41) is 2.82. The number of nitrogens with zero attached hydrogens (tertiary/aromatic N) is 1. The monoisotopic (exact) mass is 472 g/mol. The van der Waals surface area contributed by atoms with E-state index < -0.39 is 28.5 Å². The summed E-state index contributed by atoms with van der Waals surface area (Å²) in [4.78, 5) is 24.7. The van der Waals surface area contributed by atoms with Crippen molar-refractivity contribution in [2.45, 2.75) is 51.5 Å². The van der Waals surface area contributed by atoms with Crippen molar-refractivity contribution in [3.8, 4) is 0 Å². The number of rotatable bonds is 7. The number of aryl methyl sites for hydroxylation is 2. The fourth-order valence-corrected chi connectivity index (χ4v) is 5.22. The molecular formula is C25H32N2O5S. The van der Waals surface area contributed by atoms with Crippen molar-refractivity contribution >= 4 is 21.9 Å². The molecule has 178 valence electrons. The molecule has 0 spiro atoms. The minimum atomic E-state index is -3.58. The molecule has 0 saturated carbocycles. The van der Waals surface area contributed by atoms with E-state index in [0.717, 1.165) is 24.0 Å². The zero-order valence-electron chi connectivity index (χ0n) is 19.6. The molecule has 1 N–H and O–H groups in total. The van der Waals surface area contributed by atoms with Gasteiger partial charge < -0.3 is 10.1 Å². The third kappa shape index (κ3) is 6.21. The number of amides is 1. The van der Waals surface area contributed by atoms with Crippen molar-refractivity contribution in [1.82, 2.24) is 9.62 Å². The van der Waals surface area contributed by atoms with Gasteiger partial charge in [-0.3, -0.25) is 4.79 Å². The lowest BCUT2D eigenvalue weighted by molar-refractivity contribution is -0.124. The Hall–Kier alpha value is -2.71. The van der Waals surface area contributed by atoms with Crippen LogP contribution in [0.3, 0.4) is 0 Å². The Morgan fingerprint density at radius 1 is 1.06 bits per heavy atom. The second-order valence-corrected chi connectivity index (χ2v) is 10.8. The number of esters is 1. The summed E-state index contributed by atoms with van der Waals surface area (Å²) < 4.78 is 32.2. The topological polar surface area (TPSA) is 92.8 Å². The summed E-state index contributed by atoms with van der Waals surface area (Å²) >= 11 is 0. The number of nitrogens with one attached hydrogen (secondary N) is 1. The van der Waals surface area contributed by atoms with Gasteiger partial charge in [-0.2, -0.15) is 4.31 Å². The van der Waals surface area contributed by atoms with E-state index in [-0.39, 0.29) is 16.5 Å². The van der Waals surface area contributed by atoms with E-state index in [1.807, 2.05) is 39.0 Å². The van der Waals surface area contributed by atoms with Crippen molar-refractivity contribution in [3.05, 3.63) is 64.7 Å². The van der Waals surface area contributed by atoms with E-state index in [4.69, 9.17) is 4.74 Å². The standard InChI is InChI=1S/C25H32N2O5S/c1-17-11-13-27(14-12-17)33(30,31)23-9-7-21(8-10-23)25(29)32-16-24(28)26-20(4)22-6-5-18(2)19(3)15-22/h5-10,15,17,20H,11-14,16H2,1-4H3,(H,26,28). The molecule has 1 fully saturated rings. The molecule has 1 amide bonds. The molecule has 1 aliphatic rings. The summed E-state index contributed by atoms with van der Waals surface area (Å²) in [5.74, 6) is -0.567. The van der Waals surface area contributed by atoms with Crippen LogP contribution in [-0.2, 0) is 19.6 Å². The average Bonchev–Trinajstić information content (AvgIpc) is 2.79. The van der Waals surface area contributed by atoms with Gasteiger partial charge in [-0.05, 0) is 80.5 Å². The lowest BCUT2D eigenvalue weighted by Gasteiger charge is -2.29. The molecule has 1 atom stereocenters. The first-order chi connectivity index (χ1) is 15.6. The predicted octanol–water partition coefficient (Wildman–Crippen LogP) is 3.76. The number of carbonyl (C=O) groups excluding carboxylic acids is 2. The van der Waals surface area contributed by atoms with Gasteiger partial charge in [0, 0.05) is 13.1 Å². The van der Waals surface area contributed by atoms with Gasteiger partial charge in [-0.15, -0.1) is 0 Å². The maximum Gasteiger partial charge on any atom is 0.338 e. The quantitative estimate of drug-likeness (QED) is 0.620. The molecular weight excluding hydrogens is 440 g/mol. The minimum absolute atomic E-state index is 0.147. The number of carbonyl (C=O) groups is 2. The molecule has 0 aromatic heterocycles. The molecule has 0 aliphatic carbocycles. The number of benzene rings is 2. The van der Waals surface area contributed by atoms with Crippen molar-refractivity contribution in [3.63, 3.8) is 0 Å². The van der Waals surface area contributed by atoms with Crippen molar-refractivity contribution in [1.29, 1.82) is 0 Å². The van der Waals surface area contributed by atoms with Crippen LogP contribution in [-0.4, -0.2) is 44.3 Å². The highest BCUT2D eigenvalue weighted by molar-refractivity contribution is 7.89. The predicted molar refractivity (Wildman–Crippen MR) is 126 cm³/mol. The summed E-state index contributed by atoms with van der Waals surface area (Å²) in [6.45, 7) is 8.61. The third-order valence-electron chi connectivity index (χ3n) is 6.21. The normalized spacial score (nSPS) is 16.2. The molecule has 2 aromatic carbocycles. The average molecular weight is 473 g/mol. The van der Waals surface area contributed by atoms with Crippen LogP contribution in [0.5, 0.6) is 0 Å². The van der Waals surface area contributed by atoms with Crippen LogP contribution >= 0.6 is 0 Å². The van der Waals surface area contributed by atoms with Gasteiger partial charge in [0.15, 0.2) is 6.61 Å². The van der Waals surface area contributed by atoms with Crippen molar-refractivity contribution in [2.24, 2.45) is 5.92 Å². The van der Waals surface area contributed by atoms with E-state index in [1.165, 1.54) is 34.1 Å². The Balaban J connectivity index is 1.54. The lowest BCUT2D eigenvalue weighted by Crippen LogP contribution is -2.37. The molecule has 8 heteroatoms. The Kier molecular flexibility index (Phi) is 7.92. The van der Waals surface area contributed by atoms with Gasteiger partial charge in [0.2, 0.25) is 10.0 Å². The molecule has 1 aliphatic heterocycles. The van der Waals surface area contributed by atoms with Crippen LogP contribution in [0.4, 0.5) is 0 Å². The minimum Gasteiger partial charge on any atom is -0.452 e. The maximum atomic E-state index is 12.8. The lowest BCUT2D eigenvalue weighted by atomic mass is 10.0. The number of sulfonamides is 1. The van der Waals surface area contributed by atoms with Crippen LogP contribution in [0.2, 0.25) is 0 Å². The Morgan fingerprint density at radius 3 is 2.30 bits per heavy atom. The summed E-state index contributed by atoms with van der Waals surface area (Å²) in [6, 6.07) is 11.4. The highest BCUT2D eigenvalue weighted by Gasteiger charge is 2.28. The highest BCUT2D eigenvalue weighted by Crippen LogP contribution is 2.24. The van der Waals surface area contributed by atoms with Crippen LogP contribution < -0.4 is 5.32 Å². The second kappa shape index (κ2) is 10.5. The van der Waals surface area contributed by atoms with E-state index >= 15 is 0 Å². The van der Waals surface area contributed by atoms with Crippen molar-refractivity contribution < 1.29 is 22.7 Å².